The van der Waals surface area contributed by atoms with E-state index in [9.17, 15) is 4.79 Å². The number of benzene rings is 1. The van der Waals surface area contributed by atoms with Crippen molar-refractivity contribution in [1.82, 2.24) is 9.78 Å². The molecule has 5 heteroatoms. The van der Waals surface area contributed by atoms with Crippen molar-refractivity contribution in [3.63, 3.8) is 0 Å². The third-order valence-electron chi connectivity index (χ3n) is 3.14. The van der Waals surface area contributed by atoms with Crippen LogP contribution in [0.15, 0.2) is 18.2 Å². The fraction of sp³-hybridized carbons (Fsp3) is 0.333. The molecule has 0 bridgehead atoms. The number of aromatic nitrogens is 2. The molecule has 0 saturated carbocycles. The normalized spacial score (nSPS) is 11.1. The van der Waals surface area contributed by atoms with Gasteiger partial charge < -0.3 is 5.73 Å². The van der Waals surface area contributed by atoms with Crippen LogP contribution in [0.2, 0.25) is 5.02 Å². The van der Waals surface area contributed by atoms with E-state index in [-0.39, 0.29) is 0 Å². The molecule has 2 rings (SSSR count). The monoisotopic (exact) mass is 291 g/mol. The first-order valence-corrected chi connectivity index (χ1v) is 6.89. The molecule has 1 aromatic heterocycles. The summed E-state index contributed by atoms with van der Waals surface area (Å²) in [5.74, 6) is 0.799. The lowest BCUT2D eigenvalue weighted by molar-refractivity contribution is 0.112. The van der Waals surface area contributed by atoms with Gasteiger partial charge in [-0.05, 0) is 30.5 Å². The van der Waals surface area contributed by atoms with E-state index in [1.807, 2.05) is 25.1 Å². The number of aryl methyl sites for hydroxylation is 1. The predicted octanol–water partition coefficient (Wildman–Crippen LogP) is 3.56. The van der Waals surface area contributed by atoms with Gasteiger partial charge in [0.2, 0.25) is 0 Å². The van der Waals surface area contributed by atoms with Crippen LogP contribution in [0.5, 0.6) is 0 Å². The third kappa shape index (κ3) is 2.70. The molecule has 0 saturated heterocycles. The zero-order valence-corrected chi connectivity index (χ0v) is 12.6. The topological polar surface area (TPSA) is 60.9 Å². The molecule has 4 nitrogen and oxygen atoms in total. The second-order valence-corrected chi connectivity index (χ2v) is 5.74. The van der Waals surface area contributed by atoms with E-state index < -0.39 is 0 Å². The molecule has 0 atom stereocenters. The molecule has 20 heavy (non-hydrogen) atoms. The van der Waals surface area contributed by atoms with Crippen LogP contribution in [-0.2, 0) is 6.54 Å². The molecule has 0 unspecified atom stereocenters. The number of hydrogen-bond donors (Lipinski definition) is 1. The van der Waals surface area contributed by atoms with Crippen LogP contribution < -0.4 is 5.73 Å². The van der Waals surface area contributed by atoms with E-state index in [0.29, 0.717) is 34.6 Å². The molecule has 1 heterocycles. The van der Waals surface area contributed by atoms with Crippen LogP contribution in [0, 0.1) is 12.8 Å². The molecule has 0 fully saturated rings. The molecule has 0 radical (unpaired) electrons. The van der Waals surface area contributed by atoms with Gasteiger partial charge in [0.25, 0.3) is 0 Å². The lowest BCUT2D eigenvalue weighted by atomic mass is 10.0. The molecule has 0 aliphatic carbocycles. The van der Waals surface area contributed by atoms with Crippen molar-refractivity contribution in [2.45, 2.75) is 27.3 Å². The third-order valence-corrected chi connectivity index (χ3v) is 3.38. The number of nitrogens with two attached hydrogens (primary N) is 1. The zero-order valence-electron chi connectivity index (χ0n) is 11.9. The minimum atomic E-state index is 0.394. The molecule has 2 N–H and O–H groups in total. The molecule has 0 aliphatic heterocycles. The maximum atomic E-state index is 11.4. The van der Waals surface area contributed by atoms with Crippen LogP contribution in [0.1, 0.15) is 29.8 Å². The van der Waals surface area contributed by atoms with E-state index in [1.165, 1.54) is 0 Å². The van der Waals surface area contributed by atoms with Crippen molar-refractivity contribution >= 4 is 23.7 Å². The molecular weight excluding hydrogens is 274 g/mol. The Hall–Kier alpha value is -1.81. The Bertz CT molecular complexity index is 647. The van der Waals surface area contributed by atoms with Crippen LogP contribution in [-0.4, -0.2) is 16.1 Å². The highest BCUT2D eigenvalue weighted by molar-refractivity contribution is 6.30. The number of aldehydes is 1. The minimum Gasteiger partial charge on any atom is -0.383 e. The summed E-state index contributed by atoms with van der Waals surface area (Å²) in [4.78, 5) is 11.4. The number of rotatable bonds is 4. The Morgan fingerprint density at radius 3 is 2.75 bits per heavy atom. The van der Waals surface area contributed by atoms with Crippen LogP contribution >= 0.6 is 11.6 Å². The summed E-state index contributed by atoms with van der Waals surface area (Å²) in [5.41, 5.74) is 8.89. The maximum absolute atomic E-state index is 11.4. The number of halogens is 1. The molecule has 1 aromatic carbocycles. The van der Waals surface area contributed by atoms with Gasteiger partial charge in [-0.2, -0.15) is 5.10 Å². The molecule has 2 aromatic rings. The maximum Gasteiger partial charge on any atom is 0.156 e. The minimum absolute atomic E-state index is 0.394. The molecule has 0 aliphatic rings. The van der Waals surface area contributed by atoms with Gasteiger partial charge in [0, 0.05) is 17.1 Å². The highest BCUT2D eigenvalue weighted by Gasteiger charge is 2.18. The fourth-order valence-corrected chi connectivity index (χ4v) is 2.31. The van der Waals surface area contributed by atoms with Gasteiger partial charge in [-0.1, -0.05) is 31.5 Å². The van der Waals surface area contributed by atoms with Crippen molar-refractivity contribution in [3.8, 4) is 11.3 Å². The van der Waals surface area contributed by atoms with E-state index in [0.717, 1.165) is 17.4 Å². The highest BCUT2D eigenvalue weighted by Crippen LogP contribution is 2.30. The summed E-state index contributed by atoms with van der Waals surface area (Å²) in [7, 11) is 0. The SMILES string of the molecule is Cc1ccc(Cl)cc1-c1nn(CC(C)C)c(N)c1C=O. The van der Waals surface area contributed by atoms with Crippen LogP contribution in [0.4, 0.5) is 5.82 Å². The van der Waals surface area contributed by atoms with Crippen molar-refractivity contribution < 1.29 is 4.79 Å². The standard InChI is InChI=1S/C15H18ClN3O/c1-9(2)7-19-15(17)13(8-20)14(18-19)12-6-11(16)5-4-10(12)3/h4-6,8-9H,7,17H2,1-3H3. The van der Waals surface area contributed by atoms with Gasteiger partial charge in [-0.25, -0.2) is 4.68 Å². The quantitative estimate of drug-likeness (QED) is 0.876. The first kappa shape index (κ1) is 14.6. The van der Waals surface area contributed by atoms with E-state index >= 15 is 0 Å². The van der Waals surface area contributed by atoms with Gasteiger partial charge in [0.15, 0.2) is 6.29 Å². The molecule has 0 spiro atoms. The second-order valence-electron chi connectivity index (χ2n) is 5.30. The van der Waals surface area contributed by atoms with Crippen molar-refractivity contribution in [2.24, 2.45) is 5.92 Å². The van der Waals surface area contributed by atoms with Crippen molar-refractivity contribution in [1.29, 1.82) is 0 Å². The number of nitrogen functional groups attached to an aromatic ring is 1. The first-order valence-electron chi connectivity index (χ1n) is 6.52. The summed E-state index contributed by atoms with van der Waals surface area (Å²) >= 11 is 6.04. The molecule has 106 valence electrons. The van der Waals surface area contributed by atoms with Gasteiger partial charge in [0.05, 0.1) is 5.56 Å². The Labute approximate surface area is 123 Å². The van der Waals surface area contributed by atoms with Gasteiger partial charge in [-0.3, -0.25) is 4.79 Å². The van der Waals surface area contributed by atoms with Gasteiger partial charge in [-0.15, -0.1) is 0 Å². The Balaban J connectivity index is 2.61. The highest BCUT2D eigenvalue weighted by atomic mass is 35.5. The summed E-state index contributed by atoms with van der Waals surface area (Å²) in [6.45, 7) is 6.78. The molecular formula is C15H18ClN3O. The second kappa shape index (κ2) is 5.67. The van der Waals surface area contributed by atoms with E-state index in [1.54, 1.807) is 4.68 Å². The summed E-state index contributed by atoms with van der Waals surface area (Å²) in [6.07, 6.45) is 0.759. The Morgan fingerprint density at radius 1 is 1.45 bits per heavy atom. The Morgan fingerprint density at radius 2 is 2.15 bits per heavy atom. The lowest BCUT2D eigenvalue weighted by Crippen LogP contribution is -2.09. The number of hydrogen-bond acceptors (Lipinski definition) is 3. The van der Waals surface area contributed by atoms with Gasteiger partial charge >= 0.3 is 0 Å². The van der Waals surface area contributed by atoms with Crippen LogP contribution in [0.3, 0.4) is 0 Å². The first-order chi connectivity index (χ1) is 9.43. The fourth-order valence-electron chi connectivity index (χ4n) is 2.14. The van der Waals surface area contributed by atoms with E-state index in [4.69, 9.17) is 17.3 Å². The number of anilines is 1. The largest absolute Gasteiger partial charge is 0.383 e. The predicted molar refractivity (Wildman–Crippen MR) is 82.0 cm³/mol. The Kier molecular flexibility index (Phi) is 4.14. The smallest absolute Gasteiger partial charge is 0.156 e. The van der Waals surface area contributed by atoms with Gasteiger partial charge in [0.1, 0.15) is 11.5 Å². The van der Waals surface area contributed by atoms with E-state index in [2.05, 4.69) is 18.9 Å². The zero-order chi connectivity index (χ0) is 14.9. The van der Waals surface area contributed by atoms with Crippen LogP contribution in [0.25, 0.3) is 11.3 Å². The number of carbonyl (C=O) groups excluding carboxylic acids is 1. The number of nitrogens with zero attached hydrogens (tertiary/aromatic N) is 2. The van der Waals surface area contributed by atoms with Crippen molar-refractivity contribution in [2.75, 3.05) is 5.73 Å². The van der Waals surface area contributed by atoms with Crippen molar-refractivity contribution in [3.05, 3.63) is 34.3 Å². The summed E-state index contributed by atoms with van der Waals surface area (Å²) in [6, 6.07) is 5.53. The lowest BCUT2D eigenvalue weighted by Gasteiger charge is -2.06. The molecule has 0 amide bonds. The average Bonchev–Trinajstić information content (AvgIpc) is 2.68. The number of carbonyl (C=O) groups is 1. The summed E-state index contributed by atoms with van der Waals surface area (Å²) < 4.78 is 1.68. The summed E-state index contributed by atoms with van der Waals surface area (Å²) in [5, 5.41) is 5.11. The average molecular weight is 292 g/mol.